The summed E-state index contributed by atoms with van der Waals surface area (Å²) in [7, 11) is 0.837. The van der Waals surface area contributed by atoms with E-state index in [9.17, 15) is 0 Å². The van der Waals surface area contributed by atoms with Crippen LogP contribution in [-0.2, 0) is 4.43 Å². The summed E-state index contributed by atoms with van der Waals surface area (Å²) in [6.45, 7) is 11.3. The zero-order valence-electron chi connectivity index (χ0n) is 9.69. The first-order valence-corrected chi connectivity index (χ1v) is 5.56. The standard InChI is InChI=1S/C9H21OSi.Li/c1-7(8(2)10-11)6-9(3,4)5;/h7H,6H2,1-5,11H3;. The van der Waals surface area contributed by atoms with Crippen molar-refractivity contribution in [2.45, 2.75) is 45.3 Å². The van der Waals surface area contributed by atoms with Crippen molar-refractivity contribution in [3.8, 4) is 0 Å². The fourth-order valence-corrected chi connectivity index (χ4v) is 1.77. The summed E-state index contributed by atoms with van der Waals surface area (Å²) in [6, 6.07) is 0. The van der Waals surface area contributed by atoms with E-state index in [2.05, 4.69) is 52.3 Å². The Hall–Kier alpha value is 0.774. The average Bonchev–Trinajstić information content (AvgIpc) is 1.84. The summed E-state index contributed by atoms with van der Waals surface area (Å²) in [5, 5.41) is 0. The molecule has 0 spiro atoms. The molecule has 0 aliphatic heterocycles. The van der Waals surface area contributed by atoms with Gasteiger partial charge >= 0.3 is 89.3 Å². The van der Waals surface area contributed by atoms with Gasteiger partial charge in [-0.25, -0.2) is 0 Å². The van der Waals surface area contributed by atoms with E-state index in [-0.39, 0.29) is 4.27 Å². The van der Waals surface area contributed by atoms with E-state index in [4.69, 9.17) is 4.43 Å². The summed E-state index contributed by atoms with van der Waals surface area (Å²) in [4.78, 5) is 0. The fraction of sp³-hybridized carbons (Fsp3) is 1.00. The average molecular weight is 180 g/mol. The zero-order valence-corrected chi connectivity index (χ0v) is 11.7. The van der Waals surface area contributed by atoms with Gasteiger partial charge in [-0.05, 0) is 0 Å². The molecule has 12 heavy (non-hydrogen) atoms. The third kappa shape index (κ3) is 4.72. The molecule has 0 saturated heterocycles. The Bertz CT molecular complexity index is 140. The molecule has 0 amide bonds. The first-order valence-electron chi connectivity index (χ1n) is 4.74. The maximum absolute atomic E-state index is 5.58. The minimum absolute atomic E-state index is 0.0690. The van der Waals surface area contributed by atoms with Crippen LogP contribution in [0.3, 0.4) is 0 Å². The van der Waals surface area contributed by atoms with Crippen LogP contribution in [0.2, 0.25) is 0 Å². The van der Waals surface area contributed by atoms with Gasteiger partial charge in [0.15, 0.2) is 0 Å². The van der Waals surface area contributed by atoms with Crippen LogP contribution in [0.1, 0.15) is 41.0 Å². The Labute approximate surface area is 89.4 Å². The molecule has 68 valence electrons. The molecule has 2 atom stereocenters. The molecular formula is C9H21LiOSi. The number of hydrogen-bond acceptors (Lipinski definition) is 1. The molecule has 0 bridgehead atoms. The molecule has 0 aromatic heterocycles. The van der Waals surface area contributed by atoms with E-state index in [0.717, 1.165) is 10.5 Å². The predicted molar refractivity (Wildman–Crippen MR) is 58.4 cm³/mol. The monoisotopic (exact) mass is 180 g/mol. The van der Waals surface area contributed by atoms with Gasteiger partial charge in [0.1, 0.15) is 0 Å². The molecule has 1 nitrogen and oxygen atoms in total. The first-order chi connectivity index (χ1) is 5.19. The predicted octanol–water partition coefficient (Wildman–Crippen LogP) is 1.24. The summed E-state index contributed by atoms with van der Waals surface area (Å²) in [5.41, 5.74) is 0.413. The second-order valence-electron chi connectivity index (χ2n) is 5.47. The van der Waals surface area contributed by atoms with Gasteiger partial charge in [0.2, 0.25) is 0 Å². The molecule has 0 saturated carbocycles. The van der Waals surface area contributed by atoms with Crippen LogP contribution >= 0.6 is 0 Å². The zero-order chi connectivity index (χ0) is 9.99. The van der Waals surface area contributed by atoms with Gasteiger partial charge in [-0.15, -0.1) is 0 Å². The van der Waals surface area contributed by atoms with Gasteiger partial charge in [-0.3, -0.25) is 0 Å². The van der Waals surface area contributed by atoms with Crippen molar-refractivity contribution in [1.29, 1.82) is 0 Å². The third-order valence-corrected chi connectivity index (χ3v) is 3.68. The second kappa shape index (κ2) is 4.33. The Morgan fingerprint density at radius 1 is 1.33 bits per heavy atom. The Balaban J connectivity index is 4.13. The SMILES string of the molecule is [Li][C](C)(O[SiH3])C(C)CC(C)(C)C. The van der Waals surface area contributed by atoms with Gasteiger partial charge in [0, 0.05) is 0 Å². The maximum atomic E-state index is 5.58. The minimum atomic E-state index is 0.0690. The molecule has 0 aliphatic carbocycles. The summed E-state index contributed by atoms with van der Waals surface area (Å²) < 4.78 is 5.65. The quantitative estimate of drug-likeness (QED) is 0.594. The van der Waals surface area contributed by atoms with Gasteiger partial charge in [0.05, 0.1) is 0 Å². The van der Waals surface area contributed by atoms with Crippen LogP contribution in [0, 0.1) is 11.3 Å². The van der Waals surface area contributed by atoms with Gasteiger partial charge < -0.3 is 0 Å². The van der Waals surface area contributed by atoms with Crippen molar-refractivity contribution in [2.75, 3.05) is 0 Å². The van der Waals surface area contributed by atoms with E-state index in [1.807, 2.05) is 0 Å². The van der Waals surface area contributed by atoms with Crippen molar-refractivity contribution in [2.24, 2.45) is 11.3 Å². The van der Waals surface area contributed by atoms with Crippen LogP contribution in [0.25, 0.3) is 0 Å². The van der Waals surface area contributed by atoms with Crippen molar-refractivity contribution in [3.05, 3.63) is 0 Å². The molecule has 0 rings (SSSR count). The fourth-order valence-electron chi connectivity index (χ4n) is 1.37. The Kier molecular flexibility index (Phi) is 4.61. The summed E-state index contributed by atoms with van der Waals surface area (Å²) in [6.07, 6.45) is 1.22. The van der Waals surface area contributed by atoms with Crippen molar-refractivity contribution < 1.29 is 4.43 Å². The van der Waals surface area contributed by atoms with Crippen LogP contribution in [-0.4, -0.2) is 32.5 Å². The molecule has 0 heterocycles. The molecule has 0 aliphatic rings. The topological polar surface area (TPSA) is 9.23 Å². The van der Waals surface area contributed by atoms with Gasteiger partial charge in [-0.1, -0.05) is 0 Å². The van der Waals surface area contributed by atoms with E-state index >= 15 is 0 Å². The van der Waals surface area contributed by atoms with E-state index in [1.54, 1.807) is 0 Å². The number of hydrogen-bond donors (Lipinski definition) is 0. The van der Waals surface area contributed by atoms with E-state index in [1.165, 1.54) is 6.42 Å². The molecule has 0 N–H and O–H groups in total. The van der Waals surface area contributed by atoms with Gasteiger partial charge in [0.25, 0.3) is 0 Å². The molecule has 0 radical (unpaired) electrons. The van der Waals surface area contributed by atoms with Crippen LogP contribution < -0.4 is 0 Å². The van der Waals surface area contributed by atoms with Crippen molar-refractivity contribution in [3.63, 3.8) is 0 Å². The summed E-state index contributed by atoms with van der Waals surface area (Å²) in [5.74, 6) is 0.634. The molecule has 2 unspecified atom stereocenters. The molecule has 0 fully saturated rings. The molecule has 0 aromatic rings. The van der Waals surface area contributed by atoms with Crippen LogP contribution in [0.5, 0.6) is 0 Å². The van der Waals surface area contributed by atoms with E-state index in [0.29, 0.717) is 11.3 Å². The third-order valence-electron chi connectivity index (χ3n) is 2.63. The molecule has 0 aromatic carbocycles. The second-order valence-corrected chi connectivity index (χ2v) is 5.88. The molecule has 3 heteroatoms. The van der Waals surface area contributed by atoms with Crippen LogP contribution in [0.15, 0.2) is 0 Å². The normalized spacial score (nSPS) is 20.6. The van der Waals surface area contributed by atoms with Crippen LogP contribution in [0.4, 0.5) is 0 Å². The van der Waals surface area contributed by atoms with E-state index < -0.39 is 0 Å². The Morgan fingerprint density at radius 3 is 2.00 bits per heavy atom. The first kappa shape index (κ1) is 12.8. The summed E-state index contributed by atoms with van der Waals surface area (Å²) >= 11 is 2.19. The number of rotatable bonds is 3. The van der Waals surface area contributed by atoms with Crippen molar-refractivity contribution in [1.82, 2.24) is 0 Å². The molecular weight excluding hydrogens is 159 g/mol. The van der Waals surface area contributed by atoms with Gasteiger partial charge in [-0.2, -0.15) is 0 Å². The van der Waals surface area contributed by atoms with Crippen molar-refractivity contribution >= 4 is 28.2 Å². The Morgan fingerprint density at radius 2 is 1.75 bits per heavy atom.